The van der Waals surface area contributed by atoms with E-state index in [2.05, 4.69) is 206 Å². The Kier molecular flexibility index (Phi) is 17.6. The largest absolute Gasteiger partial charge is 0.514 e. The van der Waals surface area contributed by atoms with E-state index in [1.54, 1.807) is 0 Å². The van der Waals surface area contributed by atoms with E-state index in [-0.39, 0.29) is 0 Å². The zero-order chi connectivity index (χ0) is 56.5. The van der Waals surface area contributed by atoms with Crippen LogP contribution in [0.15, 0.2) is 121 Å². The van der Waals surface area contributed by atoms with Gasteiger partial charge in [0.1, 0.15) is 14.1 Å². The van der Waals surface area contributed by atoms with Gasteiger partial charge >= 0.3 is 62.1 Å². The Morgan fingerprint density at radius 2 is 0.541 bits per heavy atom. The third kappa shape index (κ3) is 12.6. The van der Waals surface area contributed by atoms with E-state index in [0.29, 0.717) is 0 Å². The first-order valence-electron chi connectivity index (χ1n) is 20.3. The van der Waals surface area contributed by atoms with Crippen LogP contribution in [0.3, 0.4) is 0 Å². The van der Waals surface area contributed by atoms with E-state index >= 15 is 0 Å². The zero-order valence-electron chi connectivity index (χ0n) is 39.6. The second-order valence-electron chi connectivity index (χ2n) is 16.0. The minimum Gasteiger partial charge on any atom is -0.378 e. The average molecular weight is 1150 g/mol. The van der Waals surface area contributed by atoms with E-state index < -0.39 is 69.8 Å². The molecule has 0 unspecified atom stereocenters. The maximum atomic E-state index is 12.5. The Morgan fingerprint density at radius 1 is 0.338 bits per heavy atom. The molecule has 16 nitrogen and oxygen atoms in total. The third-order valence-corrected chi connectivity index (χ3v) is 17.4. The topological polar surface area (TPSA) is 162 Å². The summed E-state index contributed by atoms with van der Waals surface area (Å²) in [6, 6.07) is 35.0. The van der Waals surface area contributed by atoms with Gasteiger partial charge in [-0.05, 0) is 72.8 Å². The molecule has 4 aromatic rings. The highest BCUT2D eigenvalue weighted by Gasteiger charge is 2.74. The van der Waals surface area contributed by atoms with Gasteiger partial charge in [-0.3, -0.25) is 0 Å². The van der Waals surface area contributed by atoms with Crippen LogP contribution in [-0.2, 0) is 40.1 Å². The number of benzene rings is 4. The standard InChI is InChI=1S/C38H44N6.C4F12N2O8S4/c1-39(2)29-9-17-33(18-10-29)43(34-19-11-30(12-20-34)40(3)4)37-25-27-38(28-26-37)44(35-21-13-31(14-22-35)41(5)6)36-23-15-32(16-24-36)42(7)8;5-1(6,7)27(19,20)17(28(21,22)2(8,9)10)18(29(23,24)3(11,12)13)30(25,26)4(14,15)16/h9-28H,1-8H3;/q+2;. The summed E-state index contributed by atoms with van der Waals surface area (Å²) in [7, 11) is -18.5. The molecular weight excluding hydrogens is 1100 g/mol. The molecule has 0 amide bonds. The number of nitrogens with zero attached hydrogens (tertiary/aromatic N) is 8. The monoisotopic (exact) mass is 1140 g/mol. The van der Waals surface area contributed by atoms with Crippen molar-refractivity contribution < 1.29 is 90.9 Å². The maximum Gasteiger partial charge on any atom is 0.514 e. The molecule has 1 aliphatic rings. The van der Waals surface area contributed by atoms with E-state index in [0.717, 1.165) is 34.1 Å². The Bertz CT molecular complexity index is 3020. The summed E-state index contributed by atoms with van der Waals surface area (Å²) >= 11 is 0. The van der Waals surface area contributed by atoms with Crippen LogP contribution in [0, 0.1) is 0 Å². The Labute approximate surface area is 418 Å². The molecule has 0 heterocycles. The van der Waals surface area contributed by atoms with Crippen molar-refractivity contribution in [3.8, 4) is 0 Å². The smallest absolute Gasteiger partial charge is 0.378 e. The molecule has 74 heavy (non-hydrogen) atoms. The number of hydrazine groups is 1. The maximum absolute atomic E-state index is 12.5. The fourth-order valence-corrected chi connectivity index (χ4v) is 12.8. The van der Waals surface area contributed by atoms with E-state index in [4.69, 9.17) is 0 Å². The van der Waals surface area contributed by atoms with Crippen LogP contribution in [0.25, 0.3) is 0 Å². The van der Waals surface area contributed by atoms with Crippen LogP contribution < -0.4 is 24.2 Å². The summed E-state index contributed by atoms with van der Waals surface area (Å²) in [6.45, 7) is 0. The molecule has 32 heteroatoms. The van der Waals surface area contributed by atoms with Gasteiger partial charge in [-0.2, -0.15) is 57.3 Å². The Morgan fingerprint density at radius 3 is 0.757 bits per heavy atom. The molecule has 0 radical (unpaired) electrons. The van der Waals surface area contributed by atoms with Crippen LogP contribution >= 0.6 is 0 Å². The highest BCUT2D eigenvalue weighted by atomic mass is 32.3. The SMILES string of the molecule is CN(C)c1ccc(N(c2ccc(N(C)C)cc2)c2ccc([N+](=C3C=CC(=[N+](C)C)C=C3)c3ccc(N(C)C)cc3)cc2)cc1.O=S(=O)(N(N(S(=O)(=O)C(F)(F)F)S(=O)(=O)C(F)(F)F)S(=O)(=O)C(F)(F)F)C(F)(F)F. The lowest BCUT2D eigenvalue weighted by Crippen LogP contribution is -2.64. The van der Waals surface area contributed by atoms with Gasteiger partial charge in [0, 0.05) is 133 Å². The van der Waals surface area contributed by atoms with Gasteiger partial charge in [0.25, 0.3) is 0 Å². The fourth-order valence-electron chi connectivity index (χ4n) is 6.21. The second-order valence-corrected chi connectivity index (χ2v) is 23.5. The molecule has 0 saturated heterocycles. The molecule has 0 atom stereocenters. The molecule has 0 saturated carbocycles. The number of allylic oxidation sites excluding steroid dienone is 4. The van der Waals surface area contributed by atoms with Crippen LogP contribution in [0.1, 0.15) is 0 Å². The van der Waals surface area contributed by atoms with Crippen LogP contribution in [0.5, 0.6) is 0 Å². The first kappa shape index (κ1) is 60.3. The number of halogens is 12. The minimum absolute atomic E-state index is 1.09. The van der Waals surface area contributed by atoms with Crippen molar-refractivity contribution in [2.75, 3.05) is 76.0 Å². The van der Waals surface area contributed by atoms with E-state index in [1.807, 2.05) is 0 Å². The van der Waals surface area contributed by atoms with Crippen LogP contribution in [0.4, 0.5) is 98.2 Å². The van der Waals surface area contributed by atoms with Gasteiger partial charge in [0.05, 0.1) is 0 Å². The highest BCUT2D eigenvalue weighted by molar-refractivity contribution is 8.09. The molecule has 0 aliphatic heterocycles. The van der Waals surface area contributed by atoms with Crippen molar-refractivity contribution in [2.24, 2.45) is 0 Å². The number of hydrogen-bond donors (Lipinski definition) is 0. The van der Waals surface area contributed by atoms with Crippen molar-refractivity contribution in [1.29, 1.82) is 0 Å². The summed E-state index contributed by atoms with van der Waals surface area (Å²) < 4.78 is 235. The fraction of sp³-hybridized carbons (Fsp3) is 0.286. The number of hydrogen-bond acceptors (Lipinski definition) is 12. The molecule has 5 rings (SSSR count). The Balaban J connectivity index is 0.000000348. The first-order valence-corrected chi connectivity index (χ1v) is 26.0. The molecule has 0 fully saturated rings. The highest BCUT2D eigenvalue weighted by Crippen LogP contribution is 2.44. The summed E-state index contributed by atoms with van der Waals surface area (Å²) in [5.74, 6) is 0. The van der Waals surface area contributed by atoms with Crippen molar-refractivity contribution >= 4 is 97.0 Å². The van der Waals surface area contributed by atoms with Gasteiger partial charge in [0.15, 0.2) is 5.71 Å². The van der Waals surface area contributed by atoms with Crippen LogP contribution in [0.2, 0.25) is 0 Å². The van der Waals surface area contributed by atoms with Gasteiger partial charge < -0.3 is 19.6 Å². The number of anilines is 6. The van der Waals surface area contributed by atoms with Gasteiger partial charge in [0.2, 0.25) is 17.1 Å². The van der Waals surface area contributed by atoms with Gasteiger partial charge in [-0.1, -0.05) is 0 Å². The molecule has 0 aromatic heterocycles. The first-order chi connectivity index (χ1) is 33.6. The van der Waals surface area contributed by atoms with Gasteiger partial charge in [-0.15, -0.1) is 0 Å². The summed E-state index contributed by atoms with van der Waals surface area (Å²) in [6.07, 6.45) is 8.71. The second kappa shape index (κ2) is 21.6. The zero-order valence-corrected chi connectivity index (χ0v) is 42.8. The molecule has 1 aliphatic carbocycles. The number of alkyl halides is 12. The van der Waals surface area contributed by atoms with Crippen LogP contribution in [-0.4, -0.2) is 136 Å². The third-order valence-electron chi connectivity index (χ3n) is 9.99. The normalized spacial score (nSPS) is 13.9. The molecule has 0 bridgehead atoms. The van der Waals surface area contributed by atoms with E-state index in [9.17, 15) is 86.4 Å². The van der Waals surface area contributed by atoms with Crippen molar-refractivity contribution in [3.05, 3.63) is 121 Å². The molecule has 4 aromatic carbocycles. The quantitative estimate of drug-likeness (QED) is 0.0545. The summed E-state index contributed by atoms with van der Waals surface area (Å²) in [5.41, 5.74) is -19.0. The molecular formula is C42H44F12N8O8S4+2. The number of sulfonamides is 4. The lowest BCUT2D eigenvalue weighted by Gasteiger charge is -2.32. The number of rotatable bonds is 13. The lowest BCUT2D eigenvalue weighted by atomic mass is 10.1. The molecule has 0 N–H and O–H groups in total. The summed E-state index contributed by atoms with van der Waals surface area (Å²) in [4.78, 5) is 8.68. The van der Waals surface area contributed by atoms with E-state index in [1.165, 1.54) is 22.8 Å². The predicted octanol–water partition coefficient (Wildman–Crippen LogP) is 8.37. The van der Waals surface area contributed by atoms with Gasteiger partial charge in [-0.25, -0.2) is 38.2 Å². The molecule has 406 valence electrons. The lowest BCUT2D eigenvalue weighted by molar-refractivity contribution is -0.462. The molecule has 0 spiro atoms. The summed E-state index contributed by atoms with van der Waals surface area (Å²) in [5, 5.41) is 0. The predicted molar refractivity (Wildman–Crippen MR) is 256 cm³/mol. The minimum atomic E-state index is -8.77. The average Bonchev–Trinajstić information content (AvgIpc) is 3.28. The van der Waals surface area contributed by atoms with Crippen molar-refractivity contribution in [1.82, 2.24) is 12.2 Å². The van der Waals surface area contributed by atoms with Crippen molar-refractivity contribution in [2.45, 2.75) is 22.0 Å². The Hall–Kier alpha value is -6.22. The van der Waals surface area contributed by atoms with Crippen molar-refractivity contribution in [3.63, 3.8) is 0 Å².